The minimum Gasteiger partial charge on any atom is -0.345 e. The van der Waals surface area contributed by atoms with E-state index in [1.807, 2.05) is 6.92 Å². The van der Waals surface area contributed by atoms with Gasteiger partial charge in [-0.05, 0) is 20.8 Å². The number of carbonyl (C=O) groups is 1. The summed E-state index contributed by atoms with van der Waals surface area (Å²) in [6, 6.07) is 1.27. The van der Waals surface area contributed by atoms with E-state index in [4.69, 9.17) is 5.73 Å². The third kappa shape index (κ3) is 3.07. The van der Waals surface area contributed by atoms with Crippen molar-refractivity contribution >= 4 is 11.6 Å². The van der Waals surface area contributed by atoms with Crippen molar-refractivity contribution in [3.63, 3.8) is 0 Å². The molecule has 0 spiro atoms. The first-order valence-corrected chi connectivity index (χ1v) is 5.68. The van der Waals surface area contributed by atoms with Gasteiger partial charge < -0.3 is 15.6 Å². The van der Waals surface area contributed by atoms with Crippen molar-refractivity contribution in [1.29, 1.82) is 0 Å². The summed E-state index contributed by atoms with van der Waals surface area (Å²) in [6.45, 7) is 6.17. The third-order valence-electron chi connectivity index (χ3n) is 2.63. The number of nitrogens with two attached hydrogens (primary N) is 1. The van der Waals surface area contributed by atoms with Gasteiger partial charge in [-0.15, -0.1) is 0 Å². The molecule has 1 heterocycles. The normalized spacial score (nSPS) is 11.3. The molecule has 3 N–H and O–H groups in total. The van der Waals surface area contributed by atoms with Crippen molar-refractivity contribution in [2.45, 2.75) is 32.9 Å². The van der Waals surface area contributed by atoms with Crippen LogP contribution in [0.5, 0.6) is 0 Å². The fourth-order valence-corrected chi connectivity index (χ4v) is 1.47. The van der Waals surface area contributed by atoms with Crippen LogP contribution in [0.15, 0.2) is 12.3 Å². The van der Waals surface area contributed by atoms with E-state index in [1.54, 1.807) is 18.4 Å². The molecule has 1 aromatic rings. The molecule has 7 heteroatoms. The SMILES string of the molecule is CCn1cc([N+](=O)[O-])cc1C(=O)NC(C)(C)CN. The Labute approximate surface area is 105 Å². The minimum atomic E-state index is -0.547. The van der Waals surface area contributed by atoms with E-state index in [0.29, 0.717) is 6.54 Å². The quantitative estimate of drug-likeness (QED) is 0.601. The summed E-state index contributed by atoms with van der Waals surface area (Å²) in [5.41, 5.74) is 5.16. The molecule has 7 nitrogen and oxygen atoms in total. The molecule has 18 heavy (non-hydrogen) atoms. The van der Waals surface area contributed by atoms with Crippen LogP contribution in [0.2, 0.25) is 0 Å². The van der Waals surface area contributed by atoms with E-state index < -0.39 is 10.5 Å². The summed E-state index contributed by atoms with van der Waals surface area (Å²) >= 11 is 0. The molecular weight excluding hydrogens is 236 g/mol. The second-order valence-electron chi connectivity index (χ2n) is 4.67. The van der Waals surface area contributed by atoms with Gasteiger partial charge >= 0.3 is 0 Å². The van der Waals surface area contributed by atoms with Gasteiger partial charge in [0.2, 0.25) is 0 Å². The number of aryl methyl sites for hydroxylation is 1. The Kier molecular flexibility index (Phi) is 4.07. The zero-order valence-electron chi connectivity index (χ0n) is 10.8. The van der Waals surface area contributed by atoms with Gasteiger partial charge in [0.15, 0.2) is 0 Å². The number of hydrogen-bond acceptors (Lipinski definition) is 4. The Morgan fingerprint density at radius 1 is 1.61 bits per heavy atom. The summed E-state index contributed by atoms with van der Waals surface area (Å²) in [5.74, 6) is -0.361. The molecule has 0 unspecified atom stereocenters. The number of amides is 1. The van der Waals surface area contributed by atoms with Crippen molar-refractivity contribution in [3.05, 3.63) is 28.1 Å². The van der Waals surface area contributed by atoms with Crippen LogP contribution in [-0.4, -0.2) is 27.5 Å². The van der Waals surface area contributed by atoms with Crippen molar-refractivity contribution in [3.8, 4) is 0 Å². The van der Waals surface area contributed by atoms with Crippen LogP contribution >= 0.6 is 0 Å². The molecule has 0 saturated carbocycles. The molecule has 0 aliphatic heterocycles. The van der Waals surface area contributed by atoms with Crippen molar-refractivity contribution < 1.29 is 9.72 Å². The van der Waals surface area contributed by atoms with Crippen LogP contribution in [0.25, 0.3) is 0 Å². The van der Waals surface area contributed by atoms with E-state index in [1.165, 1.54) is 12.3 Å². The monoisotopic (exact) mass is 254 g/mol. The van der Waals surface area contributed by atoms with Crippen molar-refractivity contribution in [1.82, 2.24) is 9.88 Å². The first-order chi connectivity index (χ1) is 8.30. The summed E-state index contributed by atoms with van der Waals surface area (Å²) < 4.78 is 1.54. The topological polar surface area (TPSA) is 103 Å². The zero-order chi connectivity index (χ0) is 13.9. The van der Waals surface area contributed by atoms with Crippen LogP contribution in [0.1, 0.15) is 31.3 Å². The maximum Gasteiger partial charge on any atom is 0.287 e. The zero-order valence-corrected chi connectivity index (χ0v) is 10.8. The minimum absolute atomic E-state index is 0.0902. The maximum absolute atomic E-state index is 12.0. The Hall–Kier alpha value is -1.89. The van der Waals surface area contributed by atoms with Crippen molar-refractivity contribution in [2.75, 3.05) is 6.54 Å². The lowest BCUT2D eigenvalue weighted by molar-refractivity contribution is -0.384. The number of aromatic nitrogens is 1. The number of rotatable bonds is 5. The van der Waals surface area contributed by atoms with E-state index >= 15 is 0 Å². The Morgan fingerprint density at radius 3 is 2.67 bits per heavy atom. The third-order valence-corrected chi connectivity index (χ3v) is 2.63. The van der Waals surface area contributed by atoms with Gasteiger partial charge in [0.1, 0.15) is 5.69 Å². The highest BCUT2D eigenvalue weighted by Gasteiger charge is 2.23. The fraction of sp³-hybridized carbons (Fsp3) is 0.545. The van der Waals surface area contributed by atoms with Crippen LogP contribution < -0.4 is 11.1 Å². The van der Waals surface area contributed by atoms with Crippen LogP contribution in [0.3, 0.4) is 0 Å². The van der Waals surface area contributed by atoms with E-state index in [9.17, 15) is 14.9 Å². The van der Waals surface area contributed by atoms with E-state index in [2.05, 4.69) is 5.32 Å². The highest BCUT2D eigenvalue weighted by molar-refractivity contribution is 5.94. The highest BCUT2D eigenvalue weighted by atomic mass is 16.6. The molecule has 100 valence electrons. The lowest BCUT2D eigenvalue weighted by atomic mass is 10.1. The molecule has 0 bridgehead atoms. The summed E-state index contributed by atoms with van der Waals surface area (Å²) in [4.78, 5) is 22.2. The lowest BCUT2D eigenvalue weighted by Crippen LogP contribution is -2.49. The summed E-state index contributed by atoms with van der Waals surface area (Å²) in [5, 5.41) is 13.4. The fourth-order valence-electron chi connectivity index (χ4n) is 1.47. The molecule has 0 aliphatic rings. The largest absolute Gasteiger partial charge is 0.345 e. The average Bonchev–Trinajstić information content (AvgIpc) is 2.72. The standard InChI is InChI=1S/C11H18N4O3/c1-4-14-6-8(15(17)18)5-9(14)10(16)13-11(2,3)7-12/h5-6H,4,7,12H2,1-3H3,(H,13,16). The van der Waals surface area contributed by atoms with Gasteiger partial charge in [-0.2, -0.15) is 0 Å². The Bertz CT molecular complexity index is 465. The molecule has 0 saturated heterocycles. The van der Waals surface area contributed by atoms with Gasteiger partial charge in [-0.3, -0.25) is 14.9 Å². The smallest absolute Gasteiger partial charge is 0.287 e. The van der Waals surface area contributed by atoms with Gasteiger partial charge in [-0.1, -0.05) is 0 Å². The summed E-state index contributed by atoms with van der Waals surface area (Å²) in [7, 11) is 0. The predicted molar refractivity (Wildman–Crippen MR) is 67.4 cm³/mol. The summed E-state index contributed by atoms with van der Waals surface area (Å²) in [6.07, 6.45) is 1.35. The van der Waals surface area contributed by atoms with E-state index in [-0.39, 0.29) is 23.8 Å². The second kappa shape index (κ2) is 5.18. The molecule has 0 fully saturated rings. The van der Waals surface area contributed by atoms with E-state index in [0.717, 1.165) is 0 Å². The second-order valence-corrected chi connectivity index (χ2v) is 4.67. The molecule has 0 radical (unpaired) electrons. The molecule has 1 rings (SSSR count). The molecule has 1 aromatic heterocycles. The van der Waals surface area contributed by atoms with Crippen LogP contribution in [0.4, 0.5) is 5.69 Å². The number of hydrogen-bond donors (Lipinski definition) is 2. The van der Waals surface area contributed by atoms with Gasteiger partial charge in [-0.25, -0.2) is 0 Å². The van der Waals surface area contributed by atoms with Gasteiger partial charge in [0.25, 0.3) is 11.6 Å². The maximum atomic E-state index is 12.0. The number of carbonyl (C=O) groups excluding carboxylic acids is 1. The Morgan fingerprint density at radius 2 is 2.22 bits per heavy atom. The number of nitrogens with one attached hydrogen (secondary N) is 1. The lowest BCUT2D eigenvalue weighted by Gasteiger charge is -2.24. The van der Waals surface area contributed by atoms with Crippen LogP contribution in [0, 0.1) is 10.1 Å². The molecule has 0 aliphatic carbocycles. The Balaban J connectivity index is 3.01. The number of nitrogens with zero attached hydrogens (tertiary/aromatic N) is 2. The molecule has 0 atom stereocenters. The van der Waals surface area contributed by atoms with Gasteiger partial charge in [0, 0.05) is 24.7 Å². The first kappa shape index (κ1) is 14.2. The first-order valence-electron chi connectivity index (χ1n) is 5.68. The molecule has 0 aromatic carbocycles. The highest BCUT2D eigenvalue weighted by Crippen LogP contribution is 2.17. The van der Waals surface area contributed by atoms with Crippen molar-refractivity contribution in [2.24, 2.45) is 5.73 Å². The van der Waals surface area contributed by atoms with Crippen LogP contribution in [-0.2, 0) is 6.54 Å². The number of nitro groups is 1. The molecular formula is C11H18N4O3. The van der Waals surface area contributed by atoms with Gasteiger partial charge in [0.05, 0.1) is 11.1 Å². The predicted octanol–water partition coefficient (Wildman–Crippen LogP) is 0.883. The molecule has 1 amide bonds. The average molecular weight is 254 g/mol.